The van der Waals surface area contributed by atoms with Crippen molar-refractivity contribution in [3.8, 4) is 0 Å². The van der Waals surface area contributed by atoms with E-state index >= 15 is 0 Å². The molecule has 20 heavy (non-hydrogen) atoms. The summed E-state index contributed by atoms with van der Waals surface area (Å²) in [5, 5.41) is 6.38. The highest BCUT2D eigenvalue weighted by molar-refractivity contribution is 8.13. The molecule has 2 heterocycles. The Morgan fingerprint density at radius 2 is 2.15 bits per heavy atom. The summed E-state index contributed by atoms with van der Waals surface area (Å²) in [5.41, 5.74) is 0.128. The average molecular weight is 321 g/mol. The fourth-order valence-corrected chi connectivity index (χ4v) is 3.50. The molecule has 2 aliphatic rings. The molecule has 7 nitrogen and oxygen atoms in total. The first-order chi connectivity index (χ1) is 9.47. The van der Waals surface area contributed by atoms with Crippen LogP contribution in [0.1, 0.15) is 41.4 Å². The number of ether oxygens (including phenoxy) is 2. The second kappa shape index (κ2) is 5.01. The minimum Gasteiger partial charge on any atom is -0.455 e. The molecule has 1 unspecified atom stereocenters. The standard InChI is InChI=1S/C11H13ClN2O5S/c12-20(16,17)10-8(6-1-2-6)13-14-9(10)11(15)19-7-3-4-18-5-7/h6-7H,1-5H2,(H,13,14). The van der Waals surface area contributed by atoms with Gasteiger partial charge in [-0.25, -0.2) is 13.2 Å². The first kappa shape index (κ1) is 13.8. The molecule has 2 fully saturated rings. The van der Waals surface area contributed by atoms with Gasteiger partial charge in [-0.2, -0.15) is 5.10 Å². The largest absolute Gasteiger partial charge is 0.455 e. The molecule has 0 spiro atoms. The number of H-pyrrole nitrogens is 1. The Bertz CT molecular complexity index is 631. The second-order valence-corrected chi connectivity index (χ2v) is 7.42. The summed E-state index contributed by atoms with van der Waals surface area (Å²) in [6.07, 6.45) is 1.93. The van der Waals surface area contributed by atoms with Gasteiger partial charge in [-0.3, -0.25) is 5.10 Å². The van der Waals surface area contributed by atoms with Gasteiger partial charge in [-0.05, 0) is 12.8 Å². The fourth-order valence-electron chi connectivity index (χ4n) is 2.19. The summed E-state index contributed by atoms with van der Waals surface area (Å²) in [5.74, 6) is -0.717. The summed E-state index contributed by atoms with van der Waals surface area (Å²) < 4.78 is 33.6. The molecule has 1 N–H and O–H groups in total. The van der Waals surface area contributed by atoms with Gasteiger partial charge >= 0.3 is 5.97 Å². The van der Waals surface area contributed by atoms with Crippen LogP contribution in [0.4, 0.5) is 0 Å². The van der Waals surface area contributed by atoms with Crippen molar-refractivity contribution in [3.63, 3.8) is 0 Å². The van der Waals surface area contributed by atoms with E-state index < -0.39 is 15.0 Å². The number of nitrogens with zero attached hydrogens (tertiary/aromatic N) is 1. The van der Waals surface area contributed by atoms with Crippen LogP contribution in [-0.4, -0.2) is 43.9 Å². The number of rotatable bonds is 4. The lowest BCUT2D eigenvalue weighted by Gasteiger charge is -2.09. The van der Waals surface area contributed by atoms with Gasteiger partial charge in [-0.1, -0.05) is 0 Å². The number of aromatic amines is 1. The first-order valence-electron chi connectivity index (χ1n) is 6.28. The molecule has 3 rings (SSSR count). The van der Waals surface area contributed by atoms with Gasteiger partial charge < -0.3 is 9.47 Å². The number of esters is 1. The number of nitrogens with one attached hydrogen (secondary N) is 1. The molecule has 1 saturated carbocycles. The molecule has 0 amide bonds. The maximum absolute atomic E-state index is 12.0. The van der Waals surface area contributed by atoms with Crippen LogP contribution in [0.3, 0.4) is 0 Å². The number of hydrogen-bond acceptors (Lipinski definition) is 6. The van der Waals surface area contributed by atoms with E-state index in [4.69, 9.17) is 20.2 Å². The molecule has 1 aromatic heterocycles. The molecule has 1 aliphatic carbocycles. The third-order valence-corrected chi connectivity index (χ3v) is 4.70. The normalized spacial score (nSPS) is 22.9. The van der Waals surface area contributed by atoms with E-state index in [0.29, 0.717) is 25.3 Å². The van der Waals surface area contributed by atoms with Crippen molar-refractivity contribution in [2.45, 2.75) is 36.2 Å². The monoisotopic (exact) mass is 320 g/mol. The zero-order valence-electron chi connectivity index (χ0n) is 10.5. The Labute approximate surface area is 120 Å². The van der Waals surface area contributed by atoms with E-state index in [1.807, 2.05) is 0 Å². The van der Waals surface area contributed by atoms with E-state index in [0.717, 1.165) is 12.8 Å². The van der Waals surface area contributed by atoms with Crippen LogP contribution in [0.15, 0.2) is 4.90 Å². The molecule has 110 valence electrons. The predicted octanol–water partition coefficient (Wildman–Crippen LogP) is 1.16. The summed E-state index contributed by atoms with van der Waals surface area (Å²) in [6.45, 7) is 0.834. The van der Waals surface area contributed by atoms with Crippen LogP contribution in [0.25, 0.3) is 0 Å². The third kappa shape index (κ3) is 2.68. The van der Waals surface area contributed by atoms with Crippen molar-refractivity contribution in [2.24, 2.45) is 0 Å². The lowest BCUT2D eigenvalue weighted by atomic mass is 10.2. The SMILES string of the molecule is O=C(OC1CCOC1)c1n[nH]c(C2CC2)c1S(=O)(=O)Cl. The van der Waals surface area contributed by atoms with Crippen molar-refractivity contribution >= 4 is 25.7 Å². The Hall–Kier alpha value is -1.12. The van der Waals surface area contributed by atoms with Crippen molar-refractivity contribution in [3.05, 3.63) is 11.4 Å². The summed E-state index contributed by atoms with van der Waals surface area (Å²) in [7, 11) is 1.36. The molecule has 1 saturated heterocycles. The highest BCUT2D eigenvalue weighted by atomic mass is 35.7. The van der Waals surface area contributed by atoms with Crippen LogP contribution in [0.2, 0.25) is 0 Å². The fraction of sp³-hybridized carbons (Fsp3) is 0.636. The lowest BCUT2D eigenvalue weighted by molar-refractivity contribution is 0.0259. The number of hydrogen-bond donors (Lipinski definition) is 1. The molecule has 0 aromatic carbocycles. The van der Waals surface area contributed by atoms with Gasteiger partial charge in [0.1, 0.15) is 11.0 Å². The van der Waals surface area contributed by atoms with E-state index in [1.165, 1.54) is 0 Å². The topological polar surface area (TPSA) is 98.3 Å². The zero-order valence-corrected chi connectivity index (χ0v) is 12.0. The van der Waals surface area contributed by atoms with Crippen LogP contribution < -0.4 is 0 Å². The summed E-state index contributed by atoms with van der Waals surface area (Å²) in [6, 6.07) is 0. The molecule has 1 atom stereocenters. The molecule has 1 aromatic rings. The van der Waals surface area contributed by atoms with E-state index in [1.54, 1.807) is 0 Å². The Balaban J connectivity index is 1.90. The van der Waals surface area contributed by atoms with Gasteiger partial charge in [0.2, 0.25) is 0 Å². The second-order valence-electron chi connectivity index (χ2n) is 4.92. The van der Waals surface area contributed by atoms with Gasteiger partial charge in [0.15, 0.2) is 5.69 Å². The molecule has 0 radical (unpaired) electrons. The maximum Gasteiger partial charge on any atom is 0.360 e. The van der Waals surface area contributed by atoms with Crippen LogP contribution in [0, 0.1) is 0 Å². The third-order valence-electron chi connectivity index (χ3n) is 3.33. The zero-order chi connectivity index (χ0) is 14.3. The van der Waals surface area contributed by atoms with E-state index in [9.17, 15) is 13.2 Å². The highest BCUT2D eigenvalue weighted by Crippen LogP contribution is 2.43. The Morgan fingerprint density at radius 1 is 1.40 bits per heavy atom. The molecule has 1 aliphatic heterocycles. The van der Waals surface area contributed by atoms with Gasteiger partial charge in [0.05, 0.1) is 18.9 Å². The predicted molar refractivity (Wildman–Crippen MR) is 68.2 cm³/mol. The van der Waals surface area contributed by atoms with Gasteiger partial charge in [-0.15, -0.1) is 0 Å². The molecule has 0 bridgehead atoms. The van der Waals surface area contributed by atoms with Crippen LogP contribution in [-0.2, 0) is 18.5 Å². The Kier molecular flexibility index (Phi) is 3.47. The van der Waals surface area contributed by atoms with Crippen molar-refractivity contribution in [1.82, 2.24) is 10.2 Å². The number of halogens is 1. The molecular formula is C11H13ClN2O5S. The number of carbonyl (C=O) groups is 1. The van der Waals surface area contributed by atoms with Crippen molar-refractivity contribution in [1.29, 1.82) is 0 Å². The van der Waals surface area contributed by atoms with Gasteiger partial charge in [0, 0.05) is 23.0 Å². The Morgan fingerprint density at radius 3 is 2.70 bits per heavy atom. The van der Waals surface area contributed by atoms with Crippen molar-refractivity contribution < 1.29 is 22.7 Å². The number of carbonyl (C=O) groups excluding carboxylic acids is 1. The molecular weight excluding hydrogens is 308 g/mol. The quantitative estimate of drug-likeness (QED) is 0.660. The highest BCUT2D eigenvalue weighted by Gasteiger charge is 2.37. The minimum absolute atomic E-state index is 0.0717. The summed E-state index contributed by atoms with van der Waals surface area (Å²) >= 11 is 0. The average Bonchev–Trinajstić information content (AvgIpc) is 2.90. The maximum atomic E-state index is 12.0. The van der Waals surface area contributed by atoms with Crippen LogP contribution in [0.5, 0.6) is 0 Å². The summed E-state index contributed by atoms with van der Waals surface area (Å²) in [4.78, 5) is 11.8. The smallest absolute Gasteiger partial charge is 0.360 e. The minimum atomic E-state index is -4.06. The van der Waals surface area contributed by atoms with E-state index in [2.05, 4.69) is 10.2 Å². The van der Waals surface area contributed by atoms with Crippen LogP contribution >= 0.6 is 10.7 Å². The lowest BCUT2D eigenvalue weighted by Crippen LogP contribution is -2.19. The van der Waals surface area contributed by atoms with Gasteiger partial charge in [0.25, 0.3) is 9.05 Å². The van der Waals surface area contributed by atoms with E-state index in [-0.39, 0.29) is 22.6 Å². The molecule has 9 heteroatoms. The number of aromatic nitrogens is 2. The van der Waals surface area contributed by atoms with Crippen molar-refractivity contribution in [2.75, 3.05) is 13.2 Å². The first-order valence-corrected chi connectivity index (χ1v) is 8.59.